The number of pyridine rings is 1. The third-order valence-electron chi connectivity index (χ3n) is 7.01. The molecule has 1 aromatic heterocycles. The fourth-order valence-corrected chi connectivity index (χ4v) is 4.77. The molecule has 2 aromatic carbocycles. The van der Waals surface area contributed by atoms with Gasteiger partial charge in [0.15, 0.2) is 0 Å². The van der Waals surface area contributed by atoms with Gasteiger partial charge in [0.05, 0.1) is 11.6 Å². The first-order valence-corrected chi connectivity index (χ1v) is 12.3. The zero-order valence-electron chi connectivity index (χ0n) is 21.0. The fraction of sp³-hybridized carbons (Fsp3) is 0.345. The largest absolute Gasteiger partial charge is 0.438 e. The van der Waals surface area contributed by atoms with Crippen LogP contribution in [0.2, 0.25) is 0 Å². The van der Waals surface area contributed by atoms with Gasteiger partial charge in [-0.3, -0.25) is 9.78 Å². The molecule has 0 unspecified atom stereocenters. The molecule has 2 N–H and O–H groups in total. The lowest BCUT2D eigenvalue weighted by Crippen LogP contribution is -2.48. The van der Waals surface area contributed by atoms with Crippen molar-refractivity contribution < 1.29 is 19.4 Å². The van der Waals surface area contributed by atoms with Crippen LogP contribution in [0.15, 0.2) is 67.0 Å². The molecule has 1 aliphatic rings. The summed E-state index contributed by atoms with van der Waals surface area (Å²) in [5, 5.41) is 12.1. The number of aliphatic hydroxyl groups excluding tert-OH is 1. The minimum absolute atomic E-state index is 0.0547. The van der Waals surface area contributed by atoms with Crippen molar-refractivity contribution >= 4 is 12.0 Å². The number of aliphatic hydroxyl groups is 1. The Morgan fingerprint density at radius 3 is 2.50 bits per heavy atom. The zero-order chi connectivity index (χ0) is 25.7. The predicted molar refractivity (Wildman–Crippen MR) is 138 cm³/mol. The molecule has 1 fully saturated rings. The van der Waals surface area contributed by atoms with E-state index in [0.717, 1.165) is 27.8 Å². The lowest BCUT2D eigenvalue weighted by Gasteiger charge is -2.43. The molecule has 2 atom stereocenters. The molecule has 188 valence electrons. The molecule has 1 aliphatic heterocycles. The summed E-state index contributed by atoms with van der Waals surface area (Å²) in [6, 6.07) is 17.7. The van der Waals surface area contributed by atoms with Crippen LogP contribution < -0.4 is 5.32 Å². The first-order valence-electron chi connectivity index (χ1n) is 12.3. The van der Waals surface area contributed by atoms with Crippen molar-refractivity contribution in [3.63, 3.8) is 0 Å². The molecule has 36 heavy (non-hydrogen) atoms. The van der Waals surface area contributed by atoms with Crippen LogP contribution >= 0.6 is 0 Å². The van der Waals surface area contributed by atoms with E-state index in [-0.39, 0.29) is 24.6 Å². The molecule has 0 radical (unpaired) electrons. The molecule has 0 saturated carbocycles. The summed E-state index contributed by atoms with van der Waals surface area (Å²) in [6.07, 6.45) is 4.72. The number of hydrogen-bond acceptors (Lipinski definition) is 5. The number of aromatic nitrogens is 1. The number of amides is 2. The number of nitrogens with zero attached hydrogens (tertiary/aromatic N) is 2. The number of nitrogens with one attached hydrogen (secondary N) is 1. The Balaban J connectivity index is 1.50. The molecule has 3 aromatic rings. The van der Waals surface area contributed by atoms with E-state index in [9.17, 15) is 14.7 Å². The maximum Gasteiger partial charge on any atom is 0.411 e. The van der Waals surface area contributed by atoms with Gasteiger partial charge in [-0.15, -0.1) is 0 Å². The van der Waals surface area contributed by atoms with E-state index in [4.69, 9.17) is 4.74 Å². The summed E-state index contributed by atoms with van der Waals surface area (Å²) < 4.78 is 6.13. The van der Waals surface area contributed by atoms with Crippen LogP contribution in [0.4, 0.5) is 4.79 Å². The Kier molecular flexibility index (Phi) is 7.70. The zero-order valence-corrected chi connectivity index (χ0v) is 21.0. The molecular formula is C29H33N3O4. The highest BCUT2D eigenvalue weighted by Crippen LogP contribution is 2.40. The molecule has 1 saturated heterocycles. The number of benzene rings is 2. The molecule has 7 heteroatoms. The van der Waals surface area contributed by atoms with Gasteiger partial charge in [-0.1, -0.05) is 54.1 Å². The molecule has 4 rings (SSSR count). The molecule has 0 spiro atoms. The van der Waals surface area contributed by atoms with Crippen LogP contribution in [-0.2, 0) is 10.3 Å². The number of aryl methyl sites for hydroxylation is 1. The molecule has 7 nitrogen and oxygen atoms in total. The van der Waals surface area contributed by atoms with Gasteiger partial charge >= 0.3 is 6.09 Å². The standard InChI is InChI=1S/C29H33N3O4/c1-20-5-11-26(12-6-20)29(13-4-16-33)14-15-32(28(35)36-29)21(2)22-7-9-23(10-8-22)24-17-25(19-31-18-24)27(34)30-3/h5-12,17-19,21,33H,4,13-16H2,1-3H3,(H,30,34)/t21-,29+/m0/s1. The molecule has 2 heterocycles. The molecule has 0 aliphatic carbocycles. The SMILES string of the molecule is CNC(=O)c1cncc(-c2ccc([C@H](C)N3CC[C@](CCCO)(c4ccc(C)cc4)OC3=O)cc2)c1. The quantitative estimate of drug-likeness (QED) is 0.467. The number of ether oxygens (including phenoxy) is 1. The number of carbonyl (C=O) groups is 2. The third-order valence-corrected chi connectivity index (χ3v) is 7.01. The predicted octanol–water partition coefficient (Wildman–Crippen LogP) is 4.99. The second-order valence-corrected chi connectivity index (χ2v) is 9.34. The van der Waals surface area contributed by atoms with Gasteiger partial charge in [0.2, 0.25) is 0 Å². The maximum atomic E-state index is 13.2. The second kappa shape index (κ2) is 10.9. The van der Waals surface area contributed by atoms with Crippen LogP contribution in [0, 0.1) is 6.92 Å². The van der Waals surface area contributed by atoms with Gasteiger partial charge in [0, 0.05) is 44.6 Å². The Hall–Kier alpha value is -3.71. The number of cyclic esters (lactones) is 1. The number of rotatable bonds is 8. The topological polar surface area (TPSA) is 91.8 Å². The molecule has 2 amide bonds. The number of hydrogen-bond donors (Lipinski definition) is 2. The second-order valence-electron chi connectivity index (χ2n) is 9.34. The monoisotopic (exact) mass is 487 g/mol. The maximum absolute atomic E-state index is 13.2. The van der Waals surface area contributed by atoms with Crippen molar-refractivity contribution in [1.29, 1.82) is 0 Å². The van der Waals surface area contributed by atoms with E-state index in [1.165, 1.54) is 6.20 Å². The van der Waals surface area contributed by atoms with E-state index in [2.05, 4.69) is 10.3 Å². The van der Waals surface area contributed by atoms with Gasteiger partial charge in [0.1, 0.15) is 5.60 Å². The van der Waals surface area contributed by atoms with Crippen LogP contribution in [0.25, 0.3) is 11.1 Å². The van der Waals surface area contributed by atoms with Crippen molar-refractivity contribution in [2.24, 2.45) is 0 Å². The van der Waals surface area contributed by atoms with Crippen LogP contribution in [0.1, 0.15) is 59.3 Å². The van der Waals surface area contributed by atoms with Crippen molar-refractivity contribution in [2.45, 2.75) is 44.8 Å². The van der Waals surface area contributed by atoms with Gasteiger partial charge in [-0.2, -0.15) is 0 Å². The highest BCUT2D eigenvalue weighted by molar-refractivity contribution is 5.94. The first-order chi connectivity index (χ1) is 17.4. The summed E-state index contributed by atoms with van der Waals surface area (Å²) in [6.45, 7) is 4.63. The highest BCUT2D eigenvalue weighted by atomic mass is 16.6. The van der Waals surface area contributed by atoms with Gasteiger partial charge in [-0.05, 0) is 49.4 Å². The van der Waals surface area contributed by atoms with Crippen molar-refractivity contribution in [3.8, 4) is 11.1 Å². The van der Waals surface area contributed by atoms with E-state index in [1.54, 1.807) is 18.1 Å². The number of carbonyl (C=O) groups excluding carboxylic acids is 2. The lowest BCUT2D eigenvalue weighted by atomic mass is 9.84. The Bertz CT molecular complexity index is 1210. The van der Waals surface area contributed by atoms with E-state index in [1.807, 2.05) is 68.4 Å². The Labute approximate surface area is 212 Å². The van der Waals surface area contributed by atoms with E-state index in [0.29, 0.717) is 31.4 Å². The van der Waals surface area contributed by atoms with Crippen LogP contribution in [-0.4, -0.2) is 47.2 Å². The van der Waals surface area contributed by atoms with E-state index >= 15 is 0 Å². The highest BCUT2D eigenvalue weighted by Gasteiger charge is 2.43. The average molecular weight is 488 g/mol. The summed E-state index contributed by atoms with van der Waals surface area (Å²) in [5.41, 5.74) is 4.67. The summed E-state index contributed by atoms with van der Waals surface area (Å²) in [7, 11) is 1.59. The molecule has 0 bridgehead atoms. The van der Waals surface area contributed by atoms with Gasteiger partial charge < -0.3 is 20.1 Å². The van der Waals surface area contributed by atoms with Crippen molar-refractivity contribution in [1.82, 2.24) is 15.2 Å². The van der Waals surface area contributed by atoms with Crippen molar-refractivity contribution in [3.05, 3.63) is 89.2 Å². The summed E-state index contributed by atoms with van der Waals surface area (Å²) >= 11 is 0. The average Bonchev–Trinajstić information content (AvgIpc) is 2.91. The lowest BCUT2D eigenvalue weighted by molar-refractivity contribution is -0.0680. The van der Waals surface area contributed by atoms with Crippen molar-refractivity contribution in [2.75, 3.05) is 20.2 Å². The first kappa shape index (κ1) is 25.4. The van der Waals surface area contributed by atoms with Crippen LogP contribution in [0.3, 0.4) is 0 Å². The van der Waals surface area contributed by atoms with Crippen LogP contribution in [0.5, 0.6) is 0 Å². The third kappa shape index (κ3) is 5.26. The van der Waals surface area contributed by atoms with Gasteiger partial charge in [-0.25, -0.2) is 4.79 Å². The fourth-order valence-electron chi connectivity index (χ4n) is 4.77. The minimum atomic E-state index is -0.726. The Morgan fingerprint density at radius 2 is 1.86 bits per heavy atom. The summed E-state index contributed by atoms with van der Waals surface area (Å²) in [4.78, 5) is 31.1. The smallest absolute Gasteiger partial charge is 0.411 e. The summed E-state index contributed by atoms with van der Waals surface area (Å²) in [5.74, 6) is -0.182. The van der Waals surface area contributed by atoms with Gasteiger partial charge in [0.25, 0.3) is 5.91 Å². The van der Waals surface area contributed by atoms with E-state index < -0.39 is 5.60 Å². The normalized spacial score (nSPS) is 18.4. The molecular weight excluding hydrogens is 454 g/mol. The minimum Gasteiger partial charge on any atom is -0.438 e. The Morgan fingerprint density at radius 1 is 1.14 bits per heavy atom.